The lowest BCUT2D eigenvalue weighted by molar-refractivity contribution is 0.251. The molecule has 30 heavy (non-hydrogen) atoms. The maximum absolute atomic E-state index is 12.2. The molecule has 0 aliphatic rings. The van der Waals surface area contributed by atoms with Crippen molar-refractivity contribution in [2.75, 3.05) is 19.5 Å². The summed E-state index contributed by atoms with van der Waals surface area (Å²) in [5.41, 5.74) is 2.09. The summed E-state index contributed by atoms with van der Waals surface area (Å²) in [6.07, 6.45) is 0. The summed E-state index contributed by atoms with van der Waals surface area (Å²) in [6, 6.07) is 21.0. The van der Waals surface area contributed by atoms with Gasteiger partial charge in [-0.2, -0.15) is 5.26 Å². The maximum Gasteiger partial charge on any atom is 0.319 e. The smallest absolute Gasteiger partial charge is 0.319 e. The molecule has 0 saturated heterocycles. The number of carbonyl (C=O) groups excluding carboxylic acids is 1. The standard InChI is InChI=1S/C23H21N3O4/c1-28-21-12-5-17(13-22(21)29-2)15-25-23(27)26-18-6-10-20(11-7-18)30-19-8-3-16(14-24)4-9-19/h3-13H,15H2,1-2H3,(H2,25,26,27). The molecule has 3 aromatic rings. The molecule has 3 aromatic carbocycles. The highest BCUT2D eigenvalue weighted by Crippen LogP contribution is 2.27. The quantitative estimate of drug-likeness (QED) is 0.597. The third kappa shape index (κ3) is 5.42. The van der Waals surface area contributed by atoms with E-state index in [4.69, 9.17) is 19.5 Å². The Kier molecular flexibility index (Phi) is 6.74. The Balaban J connectivity index is 1.52. The van der Waals surface area contributed by atoms with Crippen LogP contribution in [0.15, 0.2) is 66.7 Å². The lowest BCUT2D eigenvalue weighted by Crippen LogP contribution is -2.28. The van der Waals surface area contributed by atoms with Crippen LogP contribution in [0.1, 0.15) is 11.1 Å². The lowest BCUT2D eigenvalue weighted by Gasteiger charge is -2.11. The average molecular weight is 403 g/mol. The molecule has 0 unspecified atom stereocenters. The van der Waals surface area contributed by atoms with E-state index in [1.54, 1.807) is 68.8 Å². The normalized spacial score (nSPS) is 9.90. The van der Waals surface area contributed by atoms with Crippen molar-refractivity contribution in [2.45, 2.75) is 6.54 Å². The van der Waals surface area contributed by atoms with Crippen molar-refractivity contribution < 1.29 is 19.0 Å². The van der Waals surface area contributed by atoms with Crippen molar-refractivity contribution in [3.8, 4) is 29.1 Å². The van der Waals surface area contributed by atoms with Crippen LogP contribution in [0.4, 0.5) is 10.5 Å². The van der Waals surface area contributed by atoms with Gasteiger partial charge in [0.05, 0.1) is 25.9 Å². The summed E-state index contributed by atoms with van der Waals surface area (Å²) in [7, 11) is 3.14. The number of anilines is 1. The topological polar surface area (TPSA) is 92.6 Å². The second-order valence-corrected chi connectivity index (χ2v) is 6.26. The van der Waals surface area contributed by atoms with Gasteiger partial charge in [-0.1, -0.05) is 6.07 Å². The van der Waals surface area contributed by atoms with Crippen molar-refractivity contribution in [3.05, 3.63) is 77.9 Å². The van der Waals surface area contributed by atoms with Gasteiger partial charge >= 0.3 is 6.03 Å². The summed E-state index contributed by atoms with van der Waals surface area (Å²) >= 11 is 0. The number of hydrogen-bond acceptors (Lipinski definition) is 5. The molecule has 0 radical (unpaired) electrons. The van der Waals surface area contributed by atoms with Crippen molar-refractivity contribution in [2.24, 2.45) is 0 Å². The molecule has 152 valence electrons. The summed E-state index contributed by atoms with van der Waals surface area (Å²) in [6.45, 7) is 0.339. The van der Waals surface area contributed by atoms with E-state index in [-0.39, 0.29) is 6.03 Å². The highest BCUT2D eigenvalue weighted by Gasteiger charge is 2.07. The molecule has 0 bridgehead atoms. The zero-order valence-electron chi connectivity index (χ0n) is 16.6. The van der Waals surface area contributed by atoms with Crippen molar-refractivity contribution >= 4 is 11.7 Å². The lowest BCUT2D eigenvalue weighted by atomic mass is 10.2. The minimum absolute atomic E-state index is 0.328. The van der Waals surface area contributed by atoms with Crippen LogP contribution in [-0.4, -0.2) is 20.3 Å². The highest BCUT2D eigenvalue weighted by atomic mass is 16.5. The number of carbonyl (C=O) groups is 1. The van der Waals surface area contributed by atoms with E-state index >= 15 is 0 Å². The molecular weight excluding hydrogens is 382 g/mol. The van der Waals surface area contributed by atoms with Crippen LogP contribution in [-0.2, 0) is 6.54 Å². The molecule has 0 aromatic heterocycles. The molecule has 7 nitrogen and oxygen atoms in total. The molecule has 0 spiro atoms. The monoisotopic (exact) mass is 403 g/mol. The molecule has 7 heteroatoms. The van der Waals surface area contributed by atoms with Crippen LogP contribution in [0.3, 0.4) is 0 Å². The fraction of sp³-hybridized carbons (Fsp3) is 0.130. The Labute approximate surface area is 174 Å². The first-order valence-electron chi connectivity index (χ1n) is 9.15. The number of urea groups is 1. The van der Waals surface area contributed by atoms with E-state index in [0.717, 1.165) is 5.56 Å². The van der Waals surface area contributed by atoms with Gasteiger partial charge < -0.3 is 24.8 Å². The zero-order chi connectivity index (χ0) is 21.3. The van der Waals surface area contributed by atoms with Crippen LogP contribution < -0.4 is 24.8 Å². The van der Waals surface area contributed by atoms with Crippen molar-refractivity contribution in [1.29, 1.82) is 5.26 Å². The zero-order valence-corrected chi connectivity index (χ0v) is 16.6. The van der Waals surface area contributed by atoms with Gasteiger partial charge in [-0.25, -0.2) is 4.79 Å². The summed E-state index contributed by atoms with van der Waals surface area (Å²) in [4.78, 5) is 12.2. The fourth-order valence-electron chi connectivity index (χ4n) is 2.69. The first-order valence-corrected chi connectivity index (χ1v) is 9.15. The Morgan fingerprint density at radius 3 is 2.13 bits per heavy atom. The van der Waals surface area contributed by atoms with Gasteiger partial charge in [-0.3, -0.25) is 0 Å². The number of hydrogen-bond donors (Lipinski definition) is 2. The number of methoxy groups -OCH3 is 2. The van der Waals surface area contributed by atoms with E-state index in [0.29, 0.717) is 40.8 Å². The van der Waals surface area contributed by atoms with Gasteiger partial charge in [0.25, 0.3) is 0 Å². The van der Waals surface area contributed by atoms with Gasteiger partial charge in [0.15, 0.2) is 11.5 Å². The molecule has 0 heterocycles. The van der Waals surface area contributed by atoms with Crippen LogP contribution in [0.5, 0.6) is 23.0 Å². The Bertz CT molecular complexity index is 1040. The number of ether oxygens (including phenoxy) is 3. The second-order valence-electron chi connectivity index (χ2n) is 6.26. The van der Waals surface area contributed by atoms with Gasteiger partial charge in [-0.15, -0.1) is 0 Å². The number of benzene rings is 3. The minimum Gasteiger partial charge on any atom is -0.493 e. The Morgan fingerprint density at radius 1 is 0.900 bits per heavy atom. The fourth-order valence-corrected chi connectivity index (χ4v) is 2.69. The SMILES string of the molecule is COc1ccc(CNC(=O)Nc2ccc(Oc3ccc(C#N)cc3)cc2)cc1OC. The third-order valence-electron chi connectivity index (χ3n) is 4.23. The largest absolute Gasteiger partial charge is 0.493 e. The third-order valence-corrected chi connectivity index (χ3v) is 4.23. The molecule has 3 rings (SSSR count). The Morgan fingerprint density at radius 2 is 1.53 bits per heavy atom. The second kappa shape index (κ2) is 9.85. The molecule has 2 amide bonds. The van der Waals surface area contributed by atoms with Crippen LogP contribution in [0.25, 0.3) is 0 Å². The molecule has 0 aliphatic carbocycles. The summed E-state index contributed by atoms with van der Waals surface area (Å²) in [5.74, 6) is 2.49. The van der Waals surface area contributed by atoms with Gasteiger partial charge in [0.1, 0.15) is 11.5 Å². The van der Waals surface area contributed by atoms with E-state index < -0.39 is 0 Å². The number of nitriles is 1. The molecular formula is C23H21N3O4. The van der Waals surface area contributed by atoms with E-state index in [9.17, 15) is 4.79 Å². The molecule has 2 N–H and O–H groups in total. The Hall–Kier alpha value is -4.18. The molecule has 0 fully saturated rings. The minimum atomic E-state index is -0.328. The average Bonchev–Trinajstić information content (AvgIpc) is 2.79. The summed E-state index contributed by atoms with van der Waals surface area (Å²) in [5, 5.41) is 14.4. The number of rotatable bonds is 7. The van der Waals surface area contributed by atoms with Crippen LogP contribution >= 0.6 is 0 Å². The van der Waals surface area contributed by atoms with Crippen molar-refractivity contribution in [3.63, 3.8) is 0 Å². The summed E-state index contributed by atoms with van der Waals surface area (Å²) < 4.78 is 16.2. The number of nitrogens with one attached hydrogen (secondary N) is 2. The van der Waals surface area contributed by atoms with Crippen LogP contribution in [0.2, 0.25) is 0 Å². The van der Waals surface area contributed by atoms with E-state index in [2.05, 4.69) is 16.7 Å². The maximum atomic E-state index is 12.2. The first kappa shape index (κ1) is 20.6. The molecule has 0 saturated carbocycles. The van der Waals surface area contributed by atoms with E-state index in [1.807, 2.05) is 12.1 Å². The van der Waals surface area contributed by atoms with Crippen molar-refractivity contribution in [1.82, 2.24) is 5.32 Å². The predicted octanol–water partition coefficient (Wildman–Crippen LogP) is 4.69. The van der Waals surface area contributed by atoms with Gasteiger partial charge in [0, 0.05) is 12.2 Å². The van der Waals surface area contributed by atoms with E-state index in [1.165, 1.54) is 0 Å². The molecule has 0 atom stereocenters. The predicted molar refractivity (Wildman–Crippen MR) is 113 cm³/mol. The molecule has 0 aliphatic heterocycles. The number of nitrogens with zero attached hydrogens (tertiary/aromatic N) is 1. The van der Waals surface area contributed by atoms with Gasteiger partial charge in [0.2, 0.25) is 0 Å². The number of amides is 2. The highest BCUT2D eigenvalue weighted by molar-refractivity contribution is 5.89. The first-order chi connectivity index (χ1) is 14.6. The van der Waals surface area contributed by atoms with Gasteiger partial charge in [-0.05, 0) is 66.2 Å². The van der Waals surface area contributed by atoms with Crippen LogP contribution in [0, 0.1) is 11.3 Å².